The van der Waals surface area contributed by atoms with Crippen molar-refractivity contribution < 1.29 is 18.0 Å². The molecule has 0 saturated carbocycles. The fourth-order valence-electron chi connectivity index (χ4n) is 2.04. The van der Waals surface area contributed by atoms with Crippen molar-refractivity contribution >= 4 is 48.5 Å². The lowest BCUT2D eigenvalue weighted by Gasteiger charge is -2.06. The Bertz CT molecular complexity index is 892. The minimum Gasteiger partial charge on any atom is -0.298 e. The van der Waals surface area contributed by atoms with Gasteiger partial charge in [0.2, 0.25) is 0 Å². The van der Waals surface area contributed by atoms with Crippen molar-refractivity contribution in [2.24, 2.45) is 0 Å². The molecular formula is C15H8BrF3N2OS. The Balaban J connectivity index is 1.96. The highest BCUT2D eigenvalue weighted by atomic mass is 79.9. The number of hydrogen-bond donors (Lipinski definition) is 1. The van der Waals surface area contributed by atoms with E-state index in [9.17, 15) is 18.0 Å². The molecule has 0 bridgehead atoms. The minimum atomic E-state index is -4.49. The first-order chi connectivity index (χ1) is 10.9. The molecule has 0 atom stereocenters. The second kappa shape index (κ2) is 5.93. The predicted molar refractivity (Wildman–Crippen MR) is 86.7 cm³/mol. The number of benzene rings is 2. The number of rotatable bonds is 2. The first kappa shape index (κ1) is 15.9. The zero-order valence-electron chi connectivity index (χ0n) is 11.3. The maximum atomic E-state index is 13.0. The molecular weight excluding hydrogens is 393 g/mol. The number of nitrogens with one attached hydrogen (secondary N) is 1. The van der Waals surface area contributed by atoms with Crippen LogP contribution < -0.4 is 5.32 Å². The van der Waals surface area contributed by atoms with Crippen LogP contribution in [-0.2, 0) is 6.18 Å². The van der Waals surface area contributed by atoms with Gasteiger partial charge >= 0.3 is 6.18 Å². The summed E-state index contributed by atoms with van der Waals surface area (Å²) in [7, 11) is 0. The van der Waals surface area contributed by atoms with Gasteiger partial charge in [0.15, 0.2) is 5.13 Å². The fraction of sp³-hybridized carbons (Fsp3) is 0.0667. The summed E-state index contributed by atoms with van der Waals surface area (Å²) >= 11 is 4.25. The van der Waals surface area contributed by atoms with Crippen LogP contribution in [0.2, 0.25) is 0 Å². The number of carbonyl (C=O) groups is 1. The molecule has 0 fully saturated rings. The van der Waals surface area contributed by atoms with Gasteiger partial charge in [0, 0.05) is 4.47 Å². The Morgan fingerprint density at radius 1 is 1.13 bits per heavy atom. The number of halogens is 4. The van der Waals surface area contributed by atoms with E-state index >= 15 is 0 Å². The number of alkyl halides is 3. The summed E-state index contributed by atoms with van der Waals surface area (Å²) in [5.41, 5.74) is -0.595. The van der Waals surface area contributed by atoms with Crippen molar-refractivity contribution in [1.82, 2.24) is 4.98 Å². The first-order valence-corrected chi connectivity index (χ1v) is 8.00. The van der Waals surface area contributed by atoms with Gasteiger partial charge in [0.1, 0.15) is 0 Å². The molecule has 1 amide bonds. The highest BCUT2D eigenvalue weighted by Crippen LogP contribution is 2.37. The topological polar surface area (TPSA) is 42.0 Å². The van der Waals surface area contributed by atoms with Crippen molar-refractivity contribution in [3.05, 3.63) is 58.1 Å². The van der Waals surface area contributed by atoms with Crippen molar-refractivity contribution in [2.45, 2.75) is 6.18 Å². The number of nitrogens with zero attached hydrogens (tertiary/aromatic N) is 1. The standard InChI is InChI=1S/C15H8BrF3N2OS/c16-10-6-2-1-4-8(10)13(22)21-14-20-12-9(15(17,18)19)5-3-7-11(12)23-14/h1-7H,(H,20,21,22). The summed E-state index contributed by atoms with van der Waals surface area (Å²) in [4.78, 5) is 16.1. The van der Waals surface area contributed by atoms with Crippen LogP contribution in [0.5, 0.6) is 0 Å². The zero-order chi connectivity index (χ0) is 16.6. The minimum absolute atomic E-state index is 0.123. The van der Waals surface area contributed by atoms with E-state index in [2.05, 4.69) is 26.2 Å². The normalized spacial score (nSPS) is 11.7. The third kappa shape index (κ3) is 3.23. The quantitative estimate of drug-likeness (QED) is 0.631. The Labute approximate surface area is 141 Å². The van der Waals surface area contributed by atoms with E-state index in [1.165, 1.54) is 12.1 Å². The van der Waals surface area contributed by atoms with Gasteiger partial charge in [-0.05, 0) is 40.2 Å². The van der Waals surface area contributed by atoms with Gasteiger partial charge < -0.3 is 0 Å². The molecule has 2 aromatic carbocycles. The van der Waals surface area contributed by atoms with Gasteiger partial charge in [-0.1, -0.05) is 29.5 Å². The third-order valence-electron chi connectivity index (χ3n) is 3.06. The first-order valence-electron chi connectivity index (χ1n) is 6.39. The number of para-hydroxylation sites is 1. The zero-order valence-corrected chi connectivity index (χ0v) is 13.7. The van der Waals surface area contributed by atoms with Gasteiger partial charge in [-0.3, -0.25) is 10.1 Å². The Morgan fingerprint density at radius 3 is 2.57 bits per heavy atom. The summed E-state index contributed by atoms with van der Waals surface area (Å²) in [6.45, 7) is 0. The van der Waals surface area contributed by atoms with E-state index in [-0.39, 0.29) is 10.6 Å². The molecule has 0 aliphatic rings. The van der Waals surface area contributed by atoms with Crippen LogP contribution in [0.3, 0.4) is 0 Å². The van der Waals surface area contributed by atoms with E-state index in [1.54, 1.807) is 24.3 Å². The van der Waals surface area contributed by atoms with Crippen LogP contribution in [0, 0.1) is 0 Å². The molecule has 23 heavy (non-hydrogen) atoms. The van der Waals surface area contributed by atoms with Gasteiger partial charge in [0.05, 0.1) is 21.3 Å². The summed E-state index contributed by atoms with van der Waals surface area (Å²) in [5.74, 6) is -0.440. The van der Waals surface area contributed by atoms with Crippen LogP contribution in [0.1, 0.15) is 15.9 Å². The second-order valence-electron chi connectivity index (χ2n) is 4.60. The maximum Gasteiger partial charge on any atom is 0.418 e. The molecule has 118 valence electrons. The smallest absolute Gasteiger partial charge is 0.298 e. The molecule has 8 heteroatoms. The lowest BCUT2D eigenvalue weighted by atomic mass is 10.2. The van der Waals surface area contributed by atoms with E-state index in [0.717, 1.165) is 17.4 Å². The summed E-state index contributed by atoms with van der Waals surface area (Å²) < 4.78 is 39.9. The van der Waals surface area contributed by atoms with Crippen LogP contribution in [0.15, 0.2) is 46.9 Å². The number of carbonyl (C=O) groups excluding carboxylic acids is 1. The Kier molecular flexibility index (Phi) is 4.11. The van der Waals surface area contributed by atoms with E-state index in [0.29, 0.717) is 14.7 Å². The average molecular weight is 401 g/mol. The molecule has 0 spiro atoms. The largest absolute Gasteiger partial charge is 0.418 e. The molecule has 1 aromatic heterocycles. The Morgan fingerprint density at radius 2 is 1.87 bits per heavy atom. The molecule has 1 heterocycles. The van der Waals surface area contributed by atoms with Crippen LogP contribution in [0.4, 0.5) is 18.3 Å². The molecule has 0 unspecified atom stereocenters. The van der Waals surface area contributed by atoms with Gasteiger partial charge in [-0.25, -0.2) is 4.98 Å². The summed E-state index contributed by atoms with van der Waals surface area (Å²) in [6.07, 6.45) is -4.49. The average Bonchev–Trinajstić information content (AvgIpc) is 2.88. The van der Waals surface area contributed by atoms with Crippen molar-refractivity contribution in [3.63, 3.8) is 0 Å². The number of hydrogen-bond acceptors (Lipinski definition) is 3. The van der Waals surface area contributed by atoms with Crippen molar-refractivity contribution in [1.29, 1.82) is 0 Å². The van der Waals surface area contributed by atoms with Crippen LogP contribution in [-0.4, -0.2) is 10.9 Å². The lowest BCUT2D eigenvalue weighted by molar-refractivity contribution is -0.136. The molecule has 3 rings (SSSR count). The molecule has 1 N–H and O–H groups in total. The lowest BCUT2D eigenvalue weighted by Crippen LogP contribution is -2.12. The van der Waals surface area contributed by atoms with Gasteiger partial charge in [-0.2, -0.15) is 13.2 Å². The molecule has 0 aliphatic heterocycles. The SMILES string of the molecule is O=C(Nc1nc2c(C(F)(F)F)cccc2s1)c1ccccc1Br. The summed E-state index contributed by atoms with van der Waals surface area (Å²) in [5, 5.41) is 2.66. The molecule has 0 saturated heterocycles. The van der Waals surface area contributed by atoms with E-state index in [1.807, 2.05) is 0 Å². The highest BCUT2D eigenvalue weighted by Gasteiger charge is 2.33. The van der Waals surface area contributed by atoms with Crippen molar-refractivity contribution in [3.8, 4) is 0 Å². The number of anilines is 1. The second-order valence-corrected chi connectivity index (χ2v) is 6.49. The van der Waals surface area contributed by atoms with Gasteiger partial charge in [-0.15, -0.1) is 0 Å². The number of thiazole rings is 1. The van der Waals surface area contributed by atoms with Crippen LogP contribution in [0.25, 0.3) is 10.2 Å². The monoisotopic (exact) mass is 400 g/mol. The number of aromatic nitrogens is 1. The molecule has 3 aromatic rings. The molecule has 3 nitrogen and oxygen atoms in total. The summed E-state index contributed by atoms with van der Waals surface area (Å²) in [6, 6.07) is 10.6. The van der Waals surface area contributed by atoms with E-state index < -0.39 is 17.6 Å². The number of amides is 1. The van der Waals surface area contributed by atoms with Gasteiger partial charge in [0.25, 0.3) is 5.91 Å². The van der Waals surface area contributed by atoms with Crippen molar-refractivity contribution in [2.75, 3.05) is 5.32 Å². The fourth-order valence-corrected chi connectivity index (χ4v) is 3.39. The number of fused-ring (bicyclic) bond motifs is 1. The predicted octanol–water partition coefficient (Wildman–Crippen LogP) is 5.33. The molecule has 0 radical (unpaired) electrons. The third-order valence-corrected chi connectivity index (χ3v) is 4.69. The van der Waals surface area contributed by atoms with E-state index in [4.69, 9.17) is 0 Å². The Hall–Kier alpha value is -1.93. The van der Waals surface area contributed by atoms with Crippen LogP contribution >= 0.6 is 27.3 Å². The highest BCUT2D eigenvalue weighted by molar-refractivity contribution is 9.10. The molecule has 0 aliphatic carbocycles. The maximum absolute atomic E-state index is 13.0.